The maximum atomic E-state index is 9.04. The van der Waals surface area contributed by atoms with Gasteiger partial charge in [0.2, 0.25) is 0 Å². The Balaban J connectivity index is 2.04. The number of aromatic nitrogens is 4. The molecule has 0 bridgehead atoms. The molecular weight excluding hydrogens is 250 g/mol. The van der Waals surface area contributed by atoms with E-state index < -0.39 is 0 Å². The van der Waals surface area contributed by atoms with Gasteiger partial charge in [0.15, 0.2) is 5.65 Å². The molecule has 0 amide bonds. The maximum Gasteiger partial charge on any atom is 0.163 e. The fourth-order valence-electron chi connectivity index (χ4n) is 2.17. The Morgan fingerprint density at radius 3 is 2.75 bits per heavy atom. The molecule has 0 saturated heterocycles. The summed E-state index contributed by atoms with van der Waals surface area (Å²) in [5.74, 6) is -0.291. The third-order valence-electron chi connectivity index (χ3n) is 3.23. The van der Waals surface area contributed by atoms with Gasteiger partial charge in [-0.3, -0.25) is 0 Å². The van der Waals surface area contributed by atoms with Crippen molar-refractivity contribution in [3.8, 4) is 6.07 Å². The highest BCUT2D eigenvalue weighted by atomic mass is 15.1. The van der Waals surface area contributed by atoms with Crippen molar-refractivity contribution >= 4 is 11.2 Å². The topological polar surface area (TPSA) is 67.4 Å². The van der Waals surface area contributed by atoms with Crippen LogP contribution in [-0.4, -0.2) is 19.5 Å². The molecule has 0 aliphatic heterocycles. The van der Waals surface area contributed by atoms with Gasteiger partial charge >= 0.3 is 0 Å². The summed E-state index contributed by atoms with van der Waals surface area (Å²) in [6.07, 6.45) is 3.24. The molecule has 0 radical (unpaired) electrons. The first-order valence-corrected chi connectivity index (χ1v) is 6.39. The first-order valence-electron chi connectivity index (χ1n) is 6.39. The van der Waals surface area contributed by atoms with Crippen LogP contribution in [0.15, 0.2) is 43.0 Å². The largest absolute Gasteiger partial charge is 0.311 e. The van der Waals surface area contributed by atoms with Crippen LogP contribution in [0, 0.1) is 11.3 Å². The summed E-state index contributed by atoms with van der Waals surface area (Å²) in [7, 11) is 0. The highest BCUT2D eigenvalue weighted by Gasteiger charge is 2.15. The molecule has 5 heteroatoms. The van der Waals surface area contributed by atoms with E-state index >= 15 is 0 Å². The zero-order valence-electron chi connectivity index (χ0n) is 11.1. The average Bonchev–Trinajstić information content (AvgIpc) is 2.91. The van der Waals surface area contributed by atoms with Crippen molar-refractivity contribution in [2.75, 3.05) is 0 Å². The Morgan fingerprint density at radius 2 is 2.00 bits per heavy atom. The fraction of sp³-hybridized carbons (Fsp3) is 0.200. The molecule has 1 atom stereocenters. The van der Waals surface area contributed by atoms with E-state index in [1.165, 1.54) is 11.9 Å². The van der Waals surface area contributed by atoms with E-state index in [2.05, 4.69) is 33.2 Å². The second-order valence-corrected chi connectivity index (χ2v) is 4.64. The molecule has 2 heterocycles. The summed E-state index contributed by atoms with van der Waals surface area (Å²) in [6.45, 7) is 2.52. The quantitative estimate of drug-likeness (QED) is 0.728. The summed E-state index contributed by atoms with van der Waals surface area (Å²) < 4.78 is 1.97. The van der Waals surface area contributed by atoms with Crippen molar-refractivity contribution in [3.63, 3.8) is 0 Å². The monoisotopic (exact) mass is 263 g/mol. The van der Waals surface area contributed by atoms with Crippen LogP contribution in [0.1, 0.15) is 24.1 Å². The molecule has 1 unspecified atom stereocenters. The predicted molar refractivity (Wildman–Crippen MR) is 74.9 cm³/mol. The summed E-state index contributed by atoms with van der Waals surface area (Å²) in [4.78, 5) is 12.9. The first kappa shape index (κ1) is 12.3. The van der Waals surface area contributed by atoms with E-state index in [4.69, 9.17) is 5.26 Å². The molecule has 3 aromatic rings. The third-order valence-corrected chi connectivity index (χ3v) is 3.23. The molecule has 0 aliphatic rings. The molecule has 0 saturated carbocycles. The molecule has 20 heavy (non-hydrogen) atoms. The van der Waals surface area contributed by atoms with Crippen LogP contribution in [0.4, 0.5) is 0 Å². The smallest absolute Gasteiger partial charge is 0.163 e. The van der Waals surface area contributed by atoms with Gasteiger partial charge in [0.1, 0.15) is 11.8 Å². The van der Waals surface area contributed by atoms with Crippen LogP contribution in [0.3, 0.4) is 0 Å². The zero-order valence-corrected chi connectivity index (χ0v) is 11.1. The van der Waals surface area contributed by atoms with Crippen molar-refractivity contribution in [3.05, 3.63) is 54.2 Å². The average molecular weight is 263 g/mol. The van der Waals surface area contributed by atoms with Crippen LogP contribution >= 0.6 is 0 Å². The molecule has 5 nitrogen and oxygen atoms in total. The minimum atomic E-state index is -0.291. The van der Waals surface area contributed by atoms with Gasteiger partial charge in [-0.15, -0.1) is 0 Å². The van der Waals surface area contributed by atoms with E-state index in [0.717, 1.165) is 5.65 Å². The summed E-state index contributed by atoms with van der Waals surface area (Å²) in [6, 6.07) is 12.3. The second kappa shape index (κ2) is 5.10. The second-order valence-electron chi connectivity index (χ2n) is 4.64. The van der Waals surface area contributed by atoms with E-state index in [1.807, 2.05) is 29.7 Å². The number of rotatable bonds is 3. The summed E-state index contributed by atoms with van der Waals surface area (Å²) in [5, 5.41) is 9.04. The molecule has 0 aliphatic carbocycles. The van der Waals surface area contributed by atoms with Crippen LogP contribution in [0.2, 0.25) is 0 Å². The van der Waals surface area contributed by atoms with Gasteiger partial charge in [0.25, 0.3) is 0 Å². The number of fused-ring (bicyclic) bond motifs is 1. The van der Waals surface area contributed by atoms with Gasteiger partial charge in [0, 0.05) is 0 Å². The normalized spacial score (nSPS) is 12.2. The first-order chi connectivity index (χ1) is 9.79. The Hall–Kier alpha value is -2.74. The summed E-state index contributed by atoms with van der Waals surface area (Å²) in [5.41, 5.74) is 3.34. The fourth-order valence-corrected chi connectivity index (χ4v) is 2.17. The lowest BCUT2D eigenvalue weighted by Gasteiger charge is -2.05. The third kappa shape index (κ3) is 2.12. The highest BCUT2D eigenvalue weighted by Crippen LogP contribution is 2.20. The number of nitriles is 1. The molecule has 0 fully saturated rings. The number of nitrogens with zero attached hydrogens (tertiary/aromatic N) is 5. The van der Waals surface area contributed by atoms with E-state index in [-0.39, 0.29) is 5.92 Å². The Morgan fingerprint density at radius 1 is 1.20 bits per heavy atom. The van der Waals surface area contributed by atoms with Gasteiger partial charge in [-0.05, 0) is 12.5 Å². The van der Waals surface area contributed by atoms with Gasteiger partial charge < -0.3 is 4.57 Å². The SMILES string of the molecule is CC(C#N)c1ncnc2c1ncn2Cc1ccccc1. The van der Waals surface area contributed by atoms with E-state index in [1.54, 1.807) is 6.33 Å². The minimum absolute atomic E-state index is 0.291. The predicted octanol–water partition coefficient (Wildman–Crippen LogP) is 2.50. The number of benzene rings is 1. The highest BCUT2D eigenvalue weighted by molar-refractivity contribution is 5.74. The van der Waals surface area contributed by atoms with Crippen molar-refractivity contribution in [2.24, 2.45) is 0 Å². The molecule has 1 aromatic carbocycles. The number of hydrogen-bond acceptors (Lipinski definition) is 4. The maximum absolute atomic E-state index is 9.04. The Labute approximate surface area is 116 Å². The number of hydrogen-bond donors (Lipinski definition) is 0. The standard InChI is InChI=1S/C15H13N5/c1-11(7-16)13-14-15(18-9-17-13)20(10-19-14)8-12-5-3-2-4-6-12/h2-6,9-11H,8H2,1H3. The zero-order chi connectivity index (χ0) is 13.9. The molecular formula is C15H13N5. The lowest BCUT2D eigenvalue weighted by Crippen LogP contribution is -2.01. The van der Waals surface area contributed by atoms with Crippen molar-refractivity contribution in [2.45, 2.75) is 19.4 Å². The van der Waals surface area contributed by atoms with Crippen LogP contribution < -0.4 is 0 Å². The molecule has 0 spiro atoms. The van der Waals surface area contributed by atoms with E-state index in [9.17, 15) is 0 Å². The van der Waals surface area contributed by atoms with Crippen molar-refractivity contribution in [1.82, 2.24) is 19.5 Å². The molecule has 0 N–H and O–H groups in total. The Kier molecular flexibility index (Phi) is 3.13. The molecule has 98 valence electrons. The Bertz CT molecular complexity index is 770. The van der Waals surface area contributed by atoms with Crippen LogP contribution in [0.5, 0.6) is 0 Å². The van der Waals surface area contributed by atoms with E-state index in [0.29, 0.717) is 17.8 Å². The van der Waals surface area contributed by atoms with Crippen molar-refractivity contribution in [1.29, 1.82) is 5.26 Å². The number of imidazole rings is 1. The van der Waals surface area contributed by atoms with Gasteiger partial charge in [-0.2, -0.15) is 5.26 Å². The van der Waals surface area contributed by atoms with Crippen LogP contribution in [0.25, 0.3) is 11.2 Å². The minimum Gasteiger partial charge on any atom is -0.311 e. The summed E-state index contributed by atoms with van der Waals surface area (Å²) >= 11 is 0. The van der Waals surface area contributed by atoms with Crippen LogP contribution in [-0.2, 0) is 6.54 Å². The van der Waals surface area contributed by atoms with Gasteiger partial charge in [0.05, 0.1) is 30.6 Å². The lowest BCUT2D eigenvalue weighted by atomic mass is 10.1. The van der Waals surface area contributed by atoms with Gasteiger partial charge in [-0.1, -0.05) is 30.3 Å². The van der Waals surface area contributed by atoms with Gasteiger partial charge in [-0.25, -0.2) is 15.0 Å². The molecule has 3 rings (SSSR count). The molecule has 2 aromatic heterocycles. The lowest BCUT2D eigenvalue weighted by molar-refractivity contribution is 0.812. The van der Waals surface area contributed by atoms with Crippen molar-refractivity contribution < 1.29 is 0 Å².